The quantitative estimate of drug-likeness (QED) is 0.442. The molecule has 0 aliphatic carbocycles. The van der Waals surface area contributed by atoms with E-state index in [1.807, 2.05) is 0 Å². The van der Waals surface area contributed by atoms with Gasteiger partial charge in [0.1, 0.15) is 0 Å². The number of nitrogens with one attached hydrogen (secondary N) is 3. The van der Waals surface area contributed by atoms with Gasteiger partial charge in [0.2, 0.25) is 11.8 Å². The molecule has 0 saturated heterocycles. The zero-order valence-electron chi connectivity index (χ0n) is 14.1. The van der Waals surface area contributed by atoms with Crippen molar-refractivity contribution in [2.75, 3.05) is 5.32 Å². The van der Waals surface area contributed by atoms with Crippen LogP contribution in [0.4, 0.5) is 5.69 Å². The molecule has 134 valence electrons. The van der Waals surface area contributed by atoms with Gasteiger partial charge in [-0.1, -0.05) is 32.6 Å². The molecule has 8 heteroatoms. The van der Waals surface area contributed by atoms with Crippen LogP contribution in [0.15, 0.2) is 29.2 Å². The highest BCUT2D eigenvalue weighted by Gasteiger charge is 2.15. The maximum absolute atomic E-state index is 12.1. The first-order valence-electron chi connectivity index (χ1n) is 8.03. The smallest absolute Gasteiger partial charge is 0.257 e. The predicted molar refractivity (Wildman–Crippen MR) is 92.6 cm³/mol. The van der Waals surface area contributed by atoms with Crippen LogP contribution in [-0.2, 0) is 19.6 Å². The van der Waals surface area contributed by atoms with Crippen molar-refractivity contribution in [1.29, 1.82) is 0 Å². The van der Waals surface area contributed by atoms with E-state index in [0.29, 0.717) is 5.69 Å². The van der Waals surface area contributed by atoms with E-state index < -0.39 is 10.0 Å². The molecule has 0 aromatic heterocycles. The number of hydrazine groups is 1. The summed E-state index contributed by atoms with van der Waals surface area (Å²) in [7, 11) is -3.83. The van der Waals surface area contributed by atoms with Gasteiger partial charge in [0.15, 0.2) is 0 Å². The fraction of sp³-hybridized carbons (Fsp3) is 0.500. The molecular formula is C16H25N3O4S. The van der Waals surface area contributed by atoms with Crippen LogP contribution in [0.3, 0.4) is 0 Å². The van der Waals surface area contributed by atoms with E-state index in [2.05, 4.69) is 22.5 Å². The van der Waals surface area contributed by atoms with Crippen LogP contribution < -0.4 is 15.6 Å². The first-order chi connectivity index (χ1) is 11.3. The topological polar surface area (TPSA) is 104 Å². The number of hydrogen-bond donors (Lipinski definition) is 3. The summed E-state index contributed by atoms with van der Waals surface area (Å²) in [5.41, 5.74) is 2.71. The number of unbranched alkanes of at least 4 members (excludes halogenated alkanes) is 4. The van der Waals surface area contributed by atoms with Gasteiger partial charge >= 0.3 is 0 Å². The maximum Gasteiger partial charge on any atom is 0.257 e. The number of sulfonamides is 1. The summed E-state index contributed by atoms with van der Waals surface area (Å²) in [6, 6.07) is 5.66. The van der Waals surface area contributed by atoms with Gasteiger partial charge in [0.05, 0.1) is 4.90 Å². The summed E-state index contributed by atoms with van der Waals surface area (Å²) in [6.45, 7) is 3.48. The number of amides is 2. The molecule has 0 atom stereocenters. The second kappa shape index (κ2) is 10.0. The lowest BCUT2D eigenvalue weighted by Crippen LogP contribution is -2.41. The fourth-order valence-corrected chi connectivity index (χ4v) is 2.92. The second-order valence-electron chi connectivity index (χ2n) is 5.52. The lowest BCUT2D eigenvalue weighted by atomic mass is 10.1. The van der Waals surface area contributed by atoms with Crippen molar-refractivity contribution >= 4 is 27.5 Å². The van der Waals surface area contributed by atoms with Crippen LogP contribution in [0, 0.1) is 0 Å². The largest absolute Gasteiger partial charge is 0.326 e. The number of benzene rings is 1. The number of carbonyl (C=O) groups is 2. The van der Waals surface area contributed by atoms with Crippen molar-refractivity contribution in [2.45, 2.75) is 57.3 Å². The van der Waals surface area contributed by atoms with Gasteiger partial charge in [-0.25, -0.2) is 8.42 Å². The Bertz CT molecular complexity index is 642. The van der Waals surface area contributed by atoms with Gasteiger partial charge in [-0.2, -0.15) is 0 Å². The van der Waals surface area contributed by atoms with Gasteiger partial charge in [0, 0.05) is 19.0 Å². The molecule has 0 bridgehead atoms. The van der Waals surface area contributed by atoms with Crippen LogP contribution in [0.1, 0.15) is 52.4 Å². The summed E-state index contributed by atoms with van der Waals surface area (Å²) >= 11 is 0. The molecule has 0 saturated carbocycles. The number of anilines is 1. The maximum atomic E-state index is 12.1. The van der Waals surface area contributed by atoms with Gasteiger partial charge in [-0.15, -0.1) is 4.83 Å². The lowest BCUT2D eigenvalue weighted by molar-refractivity contribution is -0.121. The minimum atomic E-state index is -3.83. The van der Waals surface area contributed by atoms with Crippen LogP contribution in [-0.4, -0.2) is 20.2 Å². The monoisotopic (exact) mass is 355 g/mol. The van der Waals surface area contributed by atoms with Crippen molar-refractivity contribution < 1.29 is 18.0 Å². The van der Waals surface area contributed by atoms with Crippen molar-refractivity contribution in [3.05, 3.63) is 24.3 Å². The van der Waals surface area contributed by atoms with E-state index in [0.717, 1.165) is 32.1 Å². The first kappa shape index (κ1) is 20.1. The van der Waals surface area contributed by atoms with Crippen molar-refractivity contribution in [2.24, 2.45) is 0 Å². The Kier molecular flexibility index (Phi) is 8.42. The first-order valence-corrected chi connectivity index (χ1v) is 9.52. The van der Waals surface area contributed by atoms with Crippen LogP contribution in [0.25, 0.3) is 0 Å². The third-order valence-electron chi connectivity index (χ3n) is 3.32. The second-order valence-corrected chi connectivity index (χ2v) is 7.21. The van der Waals surface area contributed by atoms with Crippen molar-refractivity contribution in [3.63, 3.8) is 0 Å². The molecule has 0 radical (unpaired) electrons. The Morgan fingerprint density at radius 3 is 2.21 bits per heavy atom. The predicted octanol–water partition coefficient (Wildman–Crippen LogP) is 2.32. The average molecular weight is 355 g/mol. The zero-order chi connectivity index (χ0) is 18.0. The van der Waals surface area contributed by atoms with Gasteiger partial charge in [-0.05, 0) is 30.7 Å². The van der Waals surface area contributed by atoms with Crippen LogP contribution in [0.2, 0.25) is 0 Å². The van der Waals surface area contributed by atoms with E-state index in [9.17, 15) is 18.0 Å². The minimum Gasteiger partial charge on any atom is -0.326 e. The molecule has 0 spiro atoms. The zero-order valence-corrected chi connectivity index (χ0v) is 14.9. The molecule has 0 fully saturated rings. The molecular weight excluding hydrogens is 330 g/mol. The molecule has 1 rings (SSSR count). The Morgan fingerprint density at radius 1 is 1.00 bits per heavy atom. The molecule has 24 heavy (non-hydrogen) atoms. The molecule has 0 unspecified atom stereocenters. The fourth-order valence-electron chi connectivity index (χ4n) is 2.06. The number of carbonyl (C=O) groups excluding carboxylic acids is 2. The van der Waals surface area contributed by atoms with E-state index in [1.165, 1.54) is 31.2 Å². The van der Waals surface area contributed by atoms with Crippen molar-refractivity contribution in [1.82, 2.24) is 10.3 Å². The van der Waals surface area contributed by atoms with Gasteiger partial charge in [0.25, 0.3) is 10.0 Å². The Morgan fingerprint density at radius 2 is 1.62 bits per heavy atom. The highest BCUT2D eigenvalue weighted by atomic mass is 32.2. The van der Waals surface area contributed by atoms with Crippen molar-refractivity contribution in [3.8, 4) is 0 Å². The van der Waals surface area contributed by atoms with E-state index in [1.54, 1.807) is 0 Å². The number of hydrogen-bond acceptors (Lipinski definition) is 4. The average Bonchev–Trinajstić information content (AvgIpc) is 2.53. The summed E-state index contributed by atoms with van der Waals surface area (Å²) in [4.78, 5) is 24.6. The highest BCUT2D eigenvalue weighted by molar-refractivity contribution is 7.89. The molecule has 2 amide bonds. The van der Waals surface area contributed by atoms with E-state index in [-0.39, 0.29) is 23.1 Å². The molecule has 7 nitrogen and oxygen atoms in total. The minimum absolute atomic E-state index is 0.000141. The molecule has 3 N–H and O–H groups in total. The summed E-state index contributed by atoms with van der Waals surface area (Å²) in [5.74, 6) is -0.597. The van der Waals surface area contributed by atoms with E-state index in [4.69, 9.17) is 0 Å². The molecule has 1 aromatic rings. The van der Waals surface area contributed by atoms with E-state index >= 15 is 0 Å². The third-order valence-corrected chi connectivity index (χ3v) is 4.58. The molecule has 1 aromatic carbocycles. The summed E-state index contributed by atoms with van der Waals surface area (Å²) in [5, 5.41) is 2.55. The lowest BCUT2D eigenvalue weighted by Gasteiger charge is -2.09. The Hall–Kier alpha value is -1.93. The third kappa shape index (κ3) is 7.56. The Labute approximate surface area is 143 Å². The molecule has 0 heterocycles. The summed E-state index contributed by atoms with van der Waals surface area (Å²) in [6.07, 6.45) is 5.33. The van der Waals surface area contributed by atoms with Gasteiger partial charge < -0.3 is 5.32 Å². The van der Waals surface area contributed by atoms with Gasteiger partial charge in [-0.3, -0.25) is 15.0 Å². The van der Waals surface area contributed by atoms with Crippen LogP contribution >= 0.6 is 0 Å². The SMILES string of the molecule is CCCCCCCC(=O)NNS(=O)(=O)c1ccc(NC(C)=O)cc1. The molecule has 0 aliphatic rings. The highest BCUT2D eigenvalue weighted by Crippen LogP contribution is 2.13. The van der Waals surface area contributed by atoms with Crippen LogP contribution in [0.5, 0.6) is 0 Å². The molecule has 0 aliphatic heterocycles. The standard InChI is InChI=1S/C16H25N3O4S/c1-3-4-5-6-7-8-16(21)18-19-24(22,23)15-11-9-14(10-12-15)17-13(2)20/h9-12,19H,3-8H2,1-2H3,(H,17,20)(H,18,21). The number of rotatable bonds is 10. The Balaban J connectivity index is 2.45. The summed E-state index contributed by atoms with van der Waals surface area (Å²) < 4.78 is 24.1. The normalized spacial score (nSPS) is 11.1.